The van der Waals surface area contributed by atoms with Crippen LogP contribution in [0, 0.1) is 6.92 Å². The molecule has 0 radical (unpaired) electrons. The summed E-state index contributed by atoms with van der Waals surface area (Å²) in [5.41, 5.74) is 0.790. The lowest BCUT2D eigenvalue weighted by atomic mass is 10.2. The van der Waals surface area contributed by atoms with Crippen molar-refractivity contribution in [1.29, 1.82) is 0 Å². The Morgan fingerprint density at radius 1 is 1.41 bits per heavy atom. The van der Waals surface area contributed by atoms with Crippen LogP contribution in [0.15, 0.2) is 17.1 Å². The third-order valence-electron chi connectivity index (χ3n) is 2.74. The second-order valence-electron chi connectivity index (χ2n) is 4.13. The van der Waals surface area contributed by atoms with E-state index in [0.717, 1.165) is 18.5 Å². The number of H-pyrrole nitrogens is 1. The Kier molecular flexibility index (Phi) is 4.94. The highest BCUT2D eigenvalue weighted by molar-refractivity contribution is 5.93. The predicted molar refractivity (Wildman–Crippen MR) is 68.3 cm³/mol. The number of unbranched alkanes of at least 4 members (excludes halogenated alkanes) is 1. The van der Waals surface area contributed by atoms with Gasteiger partial charge in [0.15, 0.2) is 5.43 Å². The lowest BCUT2D eigenvalue weighted by Gasteiger charge is -2.20. The molecule has 0 unspecified atom stereocenters. The summed E-state index contributed by atoms with van der Waals surface area (Å²) < 4.78 is 0. The number of pyridine rings is 1. The number of aryl methyl sites for hydroxylation is 1. The lowest BCUT2D eigenvalue weighted by Crippen LogP contribution is -2.34. The third kappa shape index (κ3) is 3.44. The molecule has 0 atom stereocenters. The SMILES string of the molecule is CCCCN(CC)C(=O)c1c[nH]c(C)cc1=O. The molecule has 1 rings (SSSR count). The second-order valence-corrected chi connectivity index (χ2v) is 4.13. The van der Waals surface area contributed by atoms with Crippen LogP contribution in [-0.4, -0.2) is 28.9 Å². The molecule has 1 heterocycles. The van der Waals surface area contributed by atoms with E-state index in [9.17, 15) is 9.59 Å². The van der Waals surface area contributed by atoms with Gasteiger partial charge in [-0.3, -0.25) is 9.59 Å². The minimum atomic E-state index is -0.207. The number of nitrogens with one attached hydrogen (secondary N) is 1. The van der Waals surface area contributed by atoms with Crippen molar-refractivity contribution in [2.24, 2.45) is 0 Å². The van der Waals surface area contributed by atoms with Crippen molar-refractivity contribution < 1.29 is 4.79 Å². The molecule has 0 aliphatic rings. The minimum absolute atomic E-state index is 0.179. The molecule has 0 aliphatic heterocycles. The van der Waals surface area contributed by atoms with Gasteiger partial charge in [0.2, 0.25) is 0 Å². The van der Waals surface area contributed by atoms with Crippen LogP contribution in [0.25, 0.3) is 0 Å². The predicted octanol–water partition coefficient (Wildman–Crippen LogP) is 1.95. The highest BCUT2D eigenvalue weighted by Gasteiger charge is 2.16. The molecule has 1 amide bonds. The lowest BCUT2D eigenvalue weighted by molar-refractivity contribution is 0.0760. The van der Waals surface area contributed by atoms with Gasteiger partial charge in [0, 0.05) is 31.0 Å². The van der Waals surface area contributed by atoms with Gasteiger partial charge in [0.1, 0.15) is 5.56 Å². The maximum atomic E-state index is 12.1. The molecule has 4 heteroatoms. The van der Waals surface area contributed by atoms with Gasteiger partial charge in [-0.25, -0.2) is 0 Å². The number of hydrogen-bond acceptors (Lipinski definition) is 2. The molecule has 0 aromatic carbocycles. The molecular formula is C13H20N2O2. The number of carbonyl (C=O) groups is 1. The molecule has 0 spiro atoms. The van der Waals surface area contributed by atoms with Crippen molar-refractivity contribution >= 4 is 5.91 Å². The molecule has 0 saturated heterocycles. The van der Waals surface area contributed by atoms with Crippen molar-refractivity contribution in [2.75, 3.05) is 13.1 Å². The summed E-state index contributed by atoms with van der Waals surface area (Å²) in [5.74, 6) is -0.179. The zero-order valence-corrected chi connectivity index (χ0v) is 10.7. The number of aromatic nitrogens is 1. The zero-order chi connectivity index (χ0) is 12.8. The largest absolute Gasteiger partial charge is 0.364 e. The molecule has 1 aromatic rings. The average Bonchev–Trinajstić information content (AvgIpc) is 2.29. The van der Waals surface area contributed by atoms with Crippen LogP contribution in [0.1, 0.15) is 42.7 Å². The molecule has 17 heavy (non-hydrogen) atoms. The summed E-state index contributed by atoms with van der Waals surface area (Å²) in [5, 5.41) is 0. The van der Waals surface area contributed by atoms with Gasteiger partial charge in [-0.05, 0) is 20.3 Å². The van der Waals surface area contributed by atoms with E-state index in [4.69, 9.17) is 0 Å². The maximum absolute atomic E-state index is 12.1. The van der Waals surface area contributed by atoms with Crippen LogP contribution in [0.2, 0.25) is 0 Å². The number of hydrogen-bond donors (Lipinski definition) is 1. The fourth-order valence-electron chi connectivity index (χ4n) is 1.66. The minimum Gasteiger partial charge on any atom is -0.364 e. The van der Waals surface area contributed by atoms with Crippen LogP contribution in [0.5, 0.6) is 0 Å². The maximum Gasteiger partial charge on any atom is 0.259 e. The van der Waals surface area contributed by atoms with Gasteiger partial charge < -0.3 is 9.88 Å². The van der Waals surface area contributed by atoms with Crippen LogP contribution >= 0.6 is 0 Å². The van der Waals surface area contributed by atoms with E-state index in [2.05, 4.69) is 11.9 Å². The Balaban J connectivity index is 2.90. The van der Waals surface area contributed by atoms with Gasteiger partial charge in [-0.15, -0.1) is 0 Å². The van der Waals surface area contributed by atoms with Gasteiger partial charge in [0.05, 0.1) is 0 Å². The van der Waals surface area contributed by atoms with E-state index in [0.29, 0.717) is 13.1 Å². The fourth-order valence-corrected chi connectivity index (χ4v) is 1.66. The van der Waals surface area contributed by atoms with Crippen molar-refractivity contribution in [3.63, 3.8) is 0 Å². The monoisotopic (exact) mass is 236 g/mol. The van der Waals surface area contributed by atoms with Crippen LogP contribution in [0.4, 0.5) is 0 Å². The Bertz CT molecular complexity index is 437. The zero-order valence-electron chi connectivity index (χ0n) is 10.7. The van der Waals surface area contributed by atoms with Gasteiger partial charge in [0.25, 0.3) is 5.91 Å². The normalized spacial score (nSPS) is 10.3. The van der Waals surface area contributed by atoms with E-state index in [1.54, 1.807) is 11.8 Å². The number of nitrogens with zero attached hydrogens (tertiary/aromatic N) is 1. The smallest absolute Gasteiger partial charge is 0.259 e. The molecule has 0 aliphatic carbocycles. The summed E-state index contributed by atoms with van der Waals surface area (Å²) in [6.45, 7) is 7.14. The van der Waals surface area contributed by atoms with Gasteiger partial charge >= 0.3 is 0 Å². The summed E-state index contributed by atoms with van der Waals surface area (Å²) >= 11 is 0. The van der Waals surface area contributed by atoms with E-state index in [1.165, 1.54) is 12.3 Å². The first-order valence-electron chi connectivity index (χ1n) is 6.08. The Morgan fingerprint density at radius 2 is 2.12 bits per heavy atom. The molecular weight excluding hydrogens is 216 g/mol. The van der Waals surface area contributed by atoms with E-state index in [-0.39, 0.29) is 16.9 Å². The highest BCUT2D eigenvalue weighted by atomic mass is 16.2. The number of carbonyl (C=O) groups excluding carboxylic acids is 1. The molecule has 0 bridgehead atoms. The first-order chi connectivity index (χ1) is 8.10. The van der Waals surface area contributed by atoms with Crippen LogP contribution in [0.3, 0.4) is 0 Å². The first-order valence-corrected chi connectivity index (χ1v) is 6.08. The quantitative estimate of drug-likeness (QED) is 0.849. The van der Waals surface area contributed by atoms with Gasteiger partial charge in [-0.1, -0.05) is 13.3 Å². The first kappa shape index (κ1) is 13.5. The van der Waals surface area contributed by atoms with Crippen LogP contribution < -0.4 is 5.43 Å². The van der Waals surface area contributed by atoms with Crippen molar-refractivity contribution in [2.45, 2.75) is 33.6 Å². The van der Waals surface area contributed by atoms with E-state index < -0.39 is 0 Å². The number of amides is 1. The van der Waals surface area contributed by atoms with Crippen molar-refractivity contribution in [3.05, 3.63) is 33.7 Å². The number of rotatable bonds is 5. The fraction of sp³-hybridized carbons (Fsp3) is 0.538. The third-order valence-corrected chi connectivity index (χ3v) is 2.74. The number of aromatic amines is 1. The van der Waals surface area contributed by atoms with Gasteiger partial charge in [-0.2, -0.15) is 0 Å². The van der Waals surface area contributed by atoms with E-state index in [1.807, 2.05) is 6.92 Å². The highest BCUT2D eigenvalue weighted by Crippen LogP contribution is 2.02. The molecule has 0 saturated carbocycles. The summed E-state index contributed by atoms with van der Waals surface area (Å²) in [6, 6.07) is 1.46. The summed E-state index contributed by atoms with van der Waals surface area (Å²) in [4.78, 5) is 28.4. The Labute approximate surface area is 102 Å². The topological polar surface area (TPSA) is 53.2 Å². The Hall–Kier alpha value is -1.58. The molecule has 4 nitrogen and oxygen atoms in total. The molecule has 1 aromatic heterocycles. The Morgan fingerprint density at radius 3 is 2.65 bits per heavy atom. The standard InChI is InChI=1S/C13H20N2O2/c1-4-6-7-15(5-2)13(17)11-9-14-10(3)8-12(11)16/h8-9H,4-7H2,1-3H3,(H,14,16). The molecule has 94 valence electrons. The van der Waals surface area contributed by atoms with Crippen LogP contribution in [-0.2, 0) is 0 Å². The van der Waals surface area contributed by atoms with Crippen molar-refractivity contribution in [3.8, 4) is 0 Å². The molecule has 1 N–H and O–H groups in total. The van der Waals surface area contributed by atoms with Crippen molar-refractivity contribution in [1.82, 2.24) is 9.88 Å². The second kappa shape index (κ2) is 6.23. The summed E-state index contributed by atoms with van der Waals surface area (Å²) in [7, 11) is 0. The summed E-state index contributed by atoms with van der Waals surface area (Å²) in [6.07, 6.45) is 3.51. The van der Waals surface area contributed by atoms with E-state index >= 15 is 0 Å². The average molecular weight is 236 g/mol. The molecule has 0 fully saturated rings.